The lowest BCUT2D eigenvalue weighted by molar-refractivity contribution is 0.560. The average molecular weight is 269 g/mol. The van der Waals surface area contributed by atoms with E-state index >= 15 is 0 Å². The van der Waals surface area contributed by atoms with Crippen LogP contribution in [0.25, 0.3) is 11.0 Å². The molecule has 1 N–H and O–H groups in total. The molecule has 0 aliphatic rings. The van der Waals surface area contributed by atoms with E-state index in [4.69, 9.17) is 4.42 Å². The molecule has 0 fully saturated rings. The van der Waals surface area contributed by atoms with Crippen LogP contribution in [0.4, 0.5) is 15.8 Å². The molecule has 3 nitrogen and oxygen atoms in total. The fourth-order valence-corrected chi connectivity index (χ4v) is 2.10. The summed E-state index contributed by atoms with van der Waals surface area (Å²) in [6.45, 7) is 1.87. The van der Waals surface area contributed by atoms with Crippen molar-refractivity contribution in [1.29, 1.82) is 0 Å². The predicted octanol–water partition coefficient (Wildman–Crippen LogP) is 3.98. The van der Waals surface area contributed by atoms with Crippen LogP contribution in [0.15, 0.2) is 57.7 Å². The molecule has 3 aromatic rings. The zero-order valence-electron chi connectivity index (χ0n) is 10.8. The van der Waals surface area contributed by atoms with E-state index in [-0.39, 0.29) is 11.4 Å². The lowest BCUT2D eigenvalue weighted by Crippen LogP contribution is -1.98. The van der Waals surface area contributed by atoms with Crippen LogP contribution in [-0.2, 0) is 0 Å². The maximum absolute atomic E-state index is 12.8. The van der Waals surface area contributed by atoms with E-state index in [9.17, 15) is 9.18 Å². The van der Waals surface area contributed by atoms with Crippen LogP contribution >= 0.6 is 0 Å². The molecule has 0 saturated heterocycles. The van der Waals surface area contributed by atoms with Gasteiger partial charge in [-0.3, -0.25) is 0 Å². The molecule has 0 unspecified atom stereocenters. The molecule has 1 heterocycles. The molecule has 2 aromatic carbocycles. The predicted molar refractivity (Wildman–Crippen MR) is 76.9 cm³/mol. The van der Waals surface area contributed by atoms with E-state index in [1.165, 1.54) is 18.2 Å². The maximum atomic E-state index is 12.8. The average Bonchev–Trinajstić information content (AvgIpc) is 2.41. The van der Waals surface area contributed by atoms with Crippen molar-refractivity contribution < 1.29 is 8.81 Å². The van der Waals surface area contributed by atoms with E-state index in [1.54, 1.807) is 18.2 Å². The largest absolute Gasteiger partial charge is 0.423 e. The Morgan fingerprint density at radius 1 is 1.00 bits per heavy atom. The third-order valence-corrected chi connectivity index (χ3v) is 3.08. The Morgan fingerprint density at radius 2 is 1.70 bits per heavy atom. The second-order valence-electron chi connectivity index (χ2n) is 4.59. The molecule has 20 heavy (non-hydrogen) atoms. The SMILES string of the molecule is Cc1cc(=O)oc2cc(Nc3ccc(F)cc3)ccc12. The first-order valence-electron chi connectivity index (χ1n) is 6.19. The van der Waals surface area contributed by atoms with Crippen molar-refractivity contribution in [3.63, 3.8) is 0 Å². The quantitative estimate of drug-likeness (QED) is 0.715. The van der Waals surface area contributed by atoms with E-state index < -0.39 is 0 Å². The number of nitrogens with one attached hydrogen (secondary N) is 1. The molecule has 0 aliphatic heterocycles. The minimum Gasteiger partial charge on any atom is -0.423 e. The molecule has 0 amide bonds. The molecule has 100 valence electrons. The first-order chi connectivity index (χ1) is 9.61. The second-order valence-corrected chi connectivity index (χ2v) is 4.59. The standard InChI is InChI=1S/C16H12FNO2/c1-10-8-16(19)20-15-9-13(6-7-14(10)15)18-12-4-2-11(17)3-5-12/h2-9,18H,1H3. The first-order valence-corrected chi connectivity index (χ1v) is 6.19. The molecular weight excluding hydrogens is 257 g/mol. The van der Waals surface area contributed by atoms with Crippen molar-refractivity contribution in [3.05, 3.63) is 70.3 Å². The fraction of sp³-hybridized carbons (Fsp3) is 0.0625. The first kappa shape index (κ1) is 12.4. The van der Waals surface area contributed by atoms with Crippen LogP contribution in [-0.4, -0.2) is 0 Å². The Bertz CT molecular complexity index is 822. The maximum Gasteiger partial charge on any atom is 0.336 e. The molecule has 0 spiro atoms. The lowest BCUT2D eigenvalue weighted by Gasteiger charge is -2.07. The molecule has 4 heteroatoms. The van der Waals surface area contributed by atoms with Crippen molar-refractivity contribution in [2.24, 2.45) is 0 Å². The van der Waals surface area contributed by atoms with E-state index in [0.29, 0.717) is 5.58 Å². The van der Waals surface area contributed by atoms with Crippen molar-refractivity contribution in [2.75, 3.05) is 5.32 Å². The summed E-state index contributed by atoms with van der Waals surface area (Å²) in [6.07, 6.45) is 0. The minimum atomic E-state index is -0.367. The van der Waals surface area contributed by atoms with Gasteiger partial charge in [0.1, 0.15) is 11.4 Å². The monoisotopic (exact) mass is 269 g/mol. The smallest absolute Gasteiger partial charge is 0.336 e. The van der Waals surface area contributed by atoms with E-state index in [2.05, 4.69) is 5.32 Å². The van der Waals surface area contributed by atoms with Gasteiger partial charge in [-0.15, -0.1) is 0 Å². The van der Waals surface area contributed by atoms with Crippen molar-refractivity contribution in [3.8, 4) is 0 Å². The van der Waals surface area contributed by atoms with Crippen LogP contribution < -0.4 is 10.9 Å². The van der Waals surface area contributed by atoms with Gasteiger partial charge in [-0.25, -0.2) is 9.18 Å². The lowest BCUT2D eigenvalue weighted by atomic mass is 10.1. The van der Waals surface area contributed by atoms with Gasteiger partial charge < -0.3 is 9.73 Å². The normalized spacial score (nSPS) is 10.7. The van der Waals surface area contributed by atoms with Gasteiger partial charge in [0.15, 0.2) is 0 Å². The van der Waals surface area contributed by atoms with Crippen LogP contribution in [0.5, 0.6) is 0 Å². The number of halogens is 1. The summed E-state index contributed by atoms with van der Waals surface area (Å²) < 4.78 is 18.0. The summed E-state index contributed by atoms with van der Waals surface area (Å²) in [6, 6.07) is 13.1. The third-order valence-electron chi connectivity index (χ3n) is 3.08. The highest BCUT2D eigenvalue weighted by atomic mass is 19.1. The number of rotatable bonds is 2. The summed E-state index contributed by atoms with van der Waals surface area (Å²) in [5.41, 5.74) is 2.58. The molecule has 0 atom stereocenters. The number of aryl methyl sites for hydroxylation is 1. The van der Waals surface area contributed by atoms with E-state index in [0.717, 1.165) is 22.3 Å². The Labute approximate surface area is 114 Å². The Kier molecular flexibility index (Phi) is 2.99. The van der Waals surface area contributed by atoms with Gasteiger partial charge in [-0.05, 0) is 48.9 Å². The van der Waals surface area contributed by atoms with Crippen LogP contribution in [0.1, 0.15) is 5.56 Å². The van der Waals surface area contributed by atoms with Crippen molar-refractivity contribution in [1.82, 2.24) is 0 Å². The van der Waals surface area contributed by atoms with E-state index in [1.807, 2.05) is 19.1 Å². The summed E-state index contributed by atoms with van der Waals surface area (Å²) in [7, 11) is 0. The zero-order chi connectivity index (χ0) is 14.1. The van der Waals surface area contributed by atoms with Gasteiger partial charge in [0, 0.05) is 28.9 Å². The molecule has 0 aliphatic carbocycles. The highest BCUT2D eigenvalue weighted by molar-refractivity contribution is 5.84. The van der Waals surface area contributed by atoms with Crippen LogP contribution in [0.2, 0.25) is 0 Å². The third kappa shape index (κ3) is 2.40. The summed E-state index contributed by atoms with van der Waals surface area (Å²) in [4.78, 5) is 11.4. The number of anilines is 2. The Balaban J connectivity index is 2.00. The number of benzene rings is 2. The Hall–Kier alpha value is -2.62. The zero-order valence-corrected chi connectivity index (χ0v) is 10.8. The van der Waals surface area contributed by atoms with Crippen molar-refractivity contribution >= 4 is 22.3 Å². The Morgan fingerprint density at radius 3 is 2.45 bits per heavy atom. The van der Waals surface area contributed by atoms with Gasteiger partial charge >= 0.3 is 5.63 Å². The van der Waals surface area contributed by atoms with Gasteiger partial charge in [-0.1, -0.05) is 0 Å². The molecule has 0 radical (unpaired) electrons. The van der Waals surface area contributed by atoms with Gasteiger partial charge in [0.25, 0.3) is 0 Å². The van der Waals surface area contributed by atoms with Gasteiger partial charge in [-0.2, -0.15) is 0 Å². The van der Waals surface area contributed by atoms with Gasteiger partial charge in [0.05, 0.1) is 0 Å². The summed E-state index contributed by atoms with van der Waals surface area (Å²) >= 11 is 0. The highest BCUT2D eigenvalue weighted by Crippen LogP contribution is 2.23. The number of hydrogen-bond donors (Lipinski definition) is 1. The molecule has 0 saturated carbocycles. The molecule has 3 rings (SSSR count). The van der Waals surface area contributed by atoms with Crippen LogP contribution in [0.3, 0.4) is 0 Å². The fourth-order valence-electron chi connectivity index (χ4n) is 2.10. The number of fused-ring (bicyclic) bond motifs is 1. The van der Waals surface area contributed by atoms with Crippen molar-refractivity contribution in [2.45, 2.75) is 6.92 Å². The minimum absolute atomic E-state index is 0.282. The summed E-state index contributed by atoms with van der Waals surface area (Å²) in [5, 5.41) is 4.03. The van der Waals surface area contributed by atoms with Crippen LogP contribution in [0, 0.1) is 12.7 Å². The molecular formula is C16H12FNO2. The van der Waals surface area contributed by atoms with Gasteiger partial charge in [0.2, 0.25) is 0 Å². The highest BCUT2D eigenvalue weighted by Gasteiger charge is 2.03. The topological polar surface area (TPSA) is 42.2 Å². The second kappa shape index (κ2) is 4.81. The molecule has 1 aromatic heterocycles. The number of hydrogen-bond acceptors (Lipinski definition) is 3. The summed E-state index contributed by atoms with van der Waals surface area (Å²) in [5.74, 6) is -0.282. The molecule has 0 bridgehead atoms.